The van der Waals surface area contributed by atoms with Crippen molar-refractivity contribution in [1.29, 1.82) is 0 Å². The predicted octanol–water partition coefficient (Wildman–Crippen LogP) is 4.79. The average molecular weight is 303 g/mol. The molecule has 124 valence electrons. The van der Waals surface area contributed by atoms with E-state index >= 15 is 0 Å². The highest BCUT2D eigenvalue weighted by Crippen LogP contribution is 2.48. The largest absolute Gasteiger partial charge is 0.496 e. The van der Waals surface area contributed by atoms with Gasteiger partial charge in [0.15, 0.2) is 0 Å². The minimum absolute atomic E-state index is 0.138. The van der Waals surface area contributed by atoms with Crippen LogP contribution in [-0.4, -0.2) is 13.7 Å². The molecule has 2 nitrogen and oxygen atoms in total. The standard InChI is InChI=1S/C20H33NO/c1-18(2,3)13-19(4,5)15-8-9-17(22-6)16(12-15)20(14-21)10-7-11-20/h8-9,12H,7,10-11,13-14,21H2,1-6H3. The van der Waals surface area contributed by atoms with Gasteiger partial charge in [-0.2, -0.15) is 0 Å². The van der Waals surface area contributed by atoms with E-state index in [-0.39, 0.29) is 10.8 Å². The third-order valence-corrected chi connectivity index (χ3v) is 5.23. The van der Waals surface area contributed by atoms with Crippen LogP contribution in [0.1, 0.15) is 71.4 Å². The van der Waals surface area contributed by atoms with Gasteiger partial charge in [-0.25, -0.2) is 0 Å². The van der Waals surface area contributed by atoms with Crippen LogP contribution in [-0.2, 0) is 10.8 Å². The van der Waals surface area contributed by atoms with E-state index in [0.717, 1.165) is 12.2 Å². The predicted molar refractivity (Wildman–Crippen MR) is 94.7 cm³/mol. The summed E-state index contributed by atoms with van der Waals surface area (Å²) in [6.45, 7) is 12.3. The van der Waals surface area contributed by atoms with Gasteiger partial charge in [0.1, 0.15) is 5.75 Å². The molecule has 2 rings (SSSR count). The number of rotatable bonds is 5. The van der Waals surface area contributed by atoms with E-state index in [1.54, 1.807) is 7.11 Å². The van der Waals surface area contributed by atoms with Gasteiger partial charge in [0.2, 0.25) is 0 Å². The van der Waals surface area contributed by atoms with Crippen molar-refractivity contribution < 1.29 is 4.74 Å². The lowest BCUT2D eigenvalue weighted by molar-refractivity contribution is 0.242. The van der Waals surface area contributed by atoms with Crippen molar-refractivity contribution in [2.24, 2.45) is 11.1 Å². The first kappa shape index (κ1) is 17.3. The molecule has 0 unspecified atom stereocenters. The Labute approximate surface area is 136 Å². The zero-order valence-electron chi connectivity index (χ0n) is 15.3. The van der Waals surface area contributed by atoms with E-state index in [4.69, 9.17) is 10.5 Å². The summed E-state index contributed by atoms with van der Waals surface area (Å²) < 4.78 is 5.64. The second-order valence-electron chi connectivity index (χ2n) is 8.87. The van der Waals surface area contributed by atoms with Gasteiger partial charge in [0, 0.05) is 17.5 Å². The fourth-order valence-electron chi connectivity index (χ4n) is 4.16. The maximum atomic E-state index is 6.13. The first-order chi connectivity index (χ1) is 10.1. The molecule has 1 saturated carbocycles. The molecule has 1 aliphatic rings. The molecule has 0 aromatic heterocycles. The van der Waals surface area contributed by atoms with Crippen molar-refractivity contribution in [3.05, 3.63) is 29.3 Å². The molecule has 0 aliphatic heterocycles. The Balaban J connectivity index is 2.43. The SMILES string of the molecule is COc1ccc(C(C)(C)CC(C)(C)C)cc1C1(CN)CCC1. The molecule has 1 aliphatic carbocycles. The molecular weight excluding hydrogens is 270 g/mol. The van der Waals surface area contributed by atoms with Gasteiger partial charge >= 0.3 is 0 Å². The van der Waals surface area contributed by atoms with Crippen molar-refractivity contribution in [3.63, 3.8) is 0 Å². The van der Waals surface area contributed by atoms with E-state index < -0.39 is 0 Å². The summed E-state index contributed by atoms with van der Waals surface area (Å²) in [4.78, 5) is 0. The molecule has 0 radical (unpaired) electrons. The summed E-state index contributed by atoms with van der Waals surface area (Å²) in [6, 6.07) is 6.75. The molecule has 0 heterocycles. The minimum Gasteiger partial charge on any atom is -0.496 e. The molecule has 0 bridgehead atoms. The maximum Gasteiger partial charge on any atom is 0.122 e. The smallest absolute Gasteiger partial charge is 0.122 e. The van der Waals surface area contributed by atoms with E-state index in [1.165, 1.54) is 30.4 Å². The molecule has 0 spiro atoms. The topological polar surface area (TPSA) is 35.2 Å². The van der Waals surface area contributed by atoms with Crippen LogP contribution in [0.15, 0.2) is 18.2 Å². The number of hydrogen-bond donors (Lipinski definition) is 1. The lowest BCUT2D eigenvalue weighted by atomic mass is 9.63. The lowest BCUT2D eigenvalue weighted by Crippen LogP contribution is -2.42. The fraction of sp³-hybridized carbons (Fsp3) is 0.700. The van der Waals surface area contributed by atoms with Gasteiger partial charge in [-0.3, -0.25) is 0 Å². The van der Waals surface area contributed by atoms with Crippen molar-refractivity contribution in [3.8, 4) is 5.75 Å². The van der Waals surface area contributed by atoms with Crippen LogP contribution in [0.2, 0.25) is 0 Å². The normalized spacial score (nSPS) is 18.0. The van der Waals surface area contributed by atoms with Gasteiger partial charge in [0.05, 0.1) is 7.11 Å². The fourth-order valence-corrected chi connectivity index (χ4v) is 4.16. The molecule has 0 amide bonds. The molecule has 1 aromatic carbocycles. The summed E-state index contributed by atoms with van der Waals surface area (Å²) >= 11 is 0. The number of hydrogen-bond acceptors (Lipinski definition) is 2. The molecular formula is C20H33NO. The van der Waals surface area contributed by atoms with E-state index in [9.17, 15) is 0 Å². The number of benzene rings is 1. The summed E-state index contributed by atoms with van der Waals surface area (Å²) in [7, 11) is 1.77. The summed E-state index contributed by atoms with van der Waals surface area (Å²) in [6.07, 6.45) is 4.80. The quantitative estimate of drug-likeness (QED) is 0.849. The Hall–Kier alpha value is -1.02. The summed E-state index contributed by atoms with van der Waals surface area (Å²) in [5, 5.41) is 0. The van der Waals surface area contributed by atoms with Crippen LogP contribution < -0.4 is 10.5 Å². The minimum atomic E-state index is 0.138. The van der Waals surface area contributed by atoms with Crippen LogP contribution in [0.25, 0.3) is 0 Å². The maximum absolute atomic E-state index is 6.13. The van der Waals surface area contributed by atoms with Crippen LogP contribution in [0.3, 0.4) is 0 Å². The monoisotopic (exact) mass is 303 g/mol. The van der Waals surface area contributed by atoms with E-state index in [0.29, 0.717) is 12.0 Å². The molecule has 1 fully saturated rings. The number of ether oxygens (including phenoxy) is 1. The van der Waals surface area contributed by atoms with Crippen LogP contribution in [0.5, 0.6) is 5.75 Å². The highest BCUT2D eigenvalue weighted by Gasteiger charge is 2.40. The second-order valence-corrected chi connectivity index (χ2v) is 8.87. The Morgan fingerprint density at radius 1 is 1.14 bits per heavy atom. The van der Waals surface area contributed by atoms with E-state index in [1.807, 2.05) is 0 Å². The zero-order valence-corrected chi connectivity index (χ0v) is 15.3. The Kier molecular flexibility index (Phi) is 4.64. The number of nitrogens with two attached hydrogens (primary N) is 1. The van der Waals surface area contributed by atoms with Crippen molar-refractivity contribution in [2.45, 2.75) is 71.1 Å². The molecule has 22 heavy (non-hydrogen) atoms. The third-order valence-electron chi connectivity index (χ3n) is 5.23. The first-order valence-electron chi connectivity index (χ1n) is 8.53. The third kappa shape index (κ3) is 3.32. The molecule has 0 atom stereocenters. The van der Waals surface area contributed by atoms with Crippen LogP contribution in [0, 0.1) is 5.41 Å². The van der Waals surface area contributed by atoms with Crippen molar-refractivity contribution in [1.82, 2.24) is 0 Å². The second kappa shape index (κ2) is 5.88. The van der Waals surface area contributed by atoms with Crippen molar-refractivity contribution in [2.75, 3.05) is 13.7 Å². The highest BCUT2D eigenvalue weighted by atomic mass is 16.5. The van der Waals surface area contributed by atoms with Crippen LogP contribution in [0.4, 0.5) is 0 Å². The first-order valence-corrected chi connectivity index (χ1v) is 8.53. The molecule has 0 saturated heterocycles. The zero-order chi connectivity index (χ0) is 16.6. The average Bonchev–Trinajstić information content (AvgIpc) is 2.35. The van der Waals surface area contributed by atoms with E-state index in [2.05, 4.69) is 52.8 Å². The summed E-state index contributed by atoms with van der Waals surface area (Å²) in [5.41, 5.74) is 9.45. The van der Waals surface area contributed by atoms with Gasteiger partial charge in [-0.05, 0) is 41.7 Å². The Bertz CT molecular complexity index is 515. The Morgan fingerprint density at radius 2 is 1.77 bits per heavy atom. The van der Waals surface area contributed by atoms with Gasteiger partial charge in [-0.15, -0.1) is 0 Å². The van der Waals surface area contributed by atoms with Crippen LogP contribution >= 0.6 is 0 Å². The van der Waals surface area contributed by atoms with Gasteiger partial charge in [-0.1, -0.05) is 53.2 Å². The highest BCUT2D eigenvalue weighted by molar-refractivity contribution is 5.46. The lowest BCUT2D eigenvalue weighted by Gasteiger charge is -2.43. The van der Waals surface area contributed by atoms with Gasteiger partial charge in [0.25, 0.3) is 0 Å². The molecule has 2 N–H and O–H groups in total. The Morgan fingerprint density at radius 3 is 2.18 bits per heavy atom. The van der Waals surface area contributed by atoms with Crippen molar-refractivity contribution >= 4 is 0 Å². The molecule has 2 heteroatoms. The van der Waals surface area contributed by atoms with Gasteiger partial charge < -0.3 is 10.5 Å². The summed E-state index contributed by atoms with van der Waals surface area (Å²) in [5.74, 6) is 1.00. The molecule has 1 aromatic rings. The number of methoxy groups -OCH3 is 1.